The molecule has 0 fully saturated rings. The summed E-state index contributed by atoms with van der Waals surface area (Å²) in [5, 5.41) is 3.82. The number of hydrogen-bond acceptors (Lipinski definition) is 3. The number of thioether (sulfide) groups is 1. The summed E-state index contributed by atoms with van der Waals surface area (Å²) in [5.74, 6) is -0.0806. The number of nitrogens with zero attached hydrogens (tertiary/aromatic N) is 1. The van der Waals surface area contributed by atoms with Gasteiger partial charge in [0, 0.05) is 40.4 Å². The molecule has 0 saturated carbocycles. The summed E-state index contributed by atoms with van der Waals surface area (Å²) in [6.45, 7) is 3.86. The lowest BCUT2D eigenvalue weighted by Crippen LogP contribution is -2.52. The van der Waals surface area contributed by atoms with Crippen LogP contribution in [0.1, 0.15) is 30.5 Å². The predicted octanol–water partition coefficient (Wildman–Crippen LogP) is 6.53. The molecule has 0 saturated heterocycles. The zero-order valence-electron chi connectivity index (χ0n) is 20.2. The number of halogens is 3. The van der Waals surface area contributed by atoms with Gasteiger partial charge in [-0.15, -0.1) is 11.8 Å². The van der Waals surface area contributed by atoms with Gasteiger partial charge < -0.3 is 10.2 Å². The van der Waals surface area contributed by atoms with Crippen LogP contribution in [0.15, 0.2) is 72.8 Å². The number of carbonyl (C=O) groups excluding carboxylic acids is 2. The maximum absolute atomic E-state index is 13.6. The molecule has 0 radical (unpaired) electrons. The Morgan fingerprint density at radius 2 is 1.56 bits per heavy atom. The molecule has 1 atom stereocenters. The van der Waals surface area contributed by atoms with Gasteiger partial charge in [-0.25, -0.2) is 4.39 Å². The fourth-order valence-electron chi connectivity index (χ4n) is 3.71. The van der Waals surface area contributed by atoms with Gasteiger partial charge >= 0.3 is 0 Å². The summed E-state index contributed by atoms with van der Waals surface area (Å²) < 4.78 is 13.2. The second-order valence-electron chi connectivity index (χ2n) is 8.71. The highest BCUT2D eigenvalue weighted by Gasteiger charge is 2.31. The normalized spacial score (nSPS) is 11.8. The molecule has 3 rings (SSSR count). The van der Waals surface area contributed by atoms with Gasteiger partial charge in [0.05, 0.1) is 5.75 Å². The molecule has 8 heteroatoms. The highest BCUT2D eigenvalue weighted by molar-refractivity contribution is 7.99. The molecule has 0 aliphatic carbocycles. The van der Waals surface area contributed by atoms with E-state index in [0.717, 1.165) is 11.1 Å². The zero-order valence-corrected chi connectivity index (χ0v) is 22.5. The zero-order chi connectivity index (χ0) is 26.1. The number of amides is 2. The molecule has 0 spiro atoms. The third-order valence-corrected chi connectivity index (χ3v) is 7.20. The summed E-state index contributed by atoms with van der Waals surface area (Å²) in [6, 6.07) is 20.1. The Labute approximate surface area is 226 Å². The van der Waals surface area contributed by atoms with Gasteiger partial charge in [-0.2, -0.15) is 0 Å². The molecule has 1 unspecified atom stereocenters. The fraction of sp³-hybridized carbons (Fsp3) is 0.286. The first kappa shape index (κ1) is 28.0. The summed E-state index contributed by atoms with van der Waals surface area (Å²) >= 11 is 14.3. The van der Waals surface area contributed by atoms with Crippen molar-refractivity contribution in [1.82, 2.24) is 10.2 Å². The van der Waals surface area contributed by atoms with Crippen LogP contribution in [0.25, 0.3) is 0 Å². The molecule has 190 valence electrons. The van der Waals surface area contributed by atoms with Crippen LogP contribution < -0.4 is 5.32 Å². The molecule has 0 aromatic heterocycles. The van der Waals surface area contributed by atoms with Crippen LogP contribution in [0.4, 0.5) is 4.39 Å². The molecule has 1 N–H and O–H groups in total. The van der Waals surface area contributed by atoms with E-state index in [1.54, 1.807) is 35.2 Å². The number of benzene rings is 3. The van der Waals surface area contributed by atoms with Crippen LogP contribution >= 0.6 is 35.0 Å². The van der Waals surface area contributed by atoms with E-state index in [1.165, 1.54) is 23.9 Å². The Balaban J connectivity index is 1.89. The number of nitrogens with one attached hydrogen (secondary N) is 1. The molecule has 36 heavy (non-hydrogen) atoms. The quantitative estimate of drug-likeness (QED) is 0.297. The maximum Gasteiger partial charge on any atom is 0.243 e. The van der Waals surface area contributed by atoms with E-state index in [4.69, 9.17) is 23.2 Å². The number of rotatable bonds is 11. The van der Waals surface area contributed by atoms with Crippen LogP contribution in [0, 0.1) is 5.82 Å². The molecule has 2 amide bonds. The van der Waals surface area contributed by atoms with Gasteiger partial charge in [0.1, 0.15) is 11.9 Å². The highest BCUT2D eigenvalue weighted by Crippen LogP contribution is 2.28. The van der Waals surface area contributed by atoms with Crippen molar-refractivity contribution < 1.29 is 14.0 Å². The lowest BCUT2D eigenvalue weighted by atomic mass is 10.0. The third-order valence-electron chi connectivity index (χ3n) is 5.50. The molecule has 0 bridgehead atoms. The number of hydrogen-bond donors (Lipinski definition) is 1. The number of carbonyl (C=O) groups is 2. The highest BCUT2D eigenvalue weighted by atomic mass is 35.5. The summed E-state index contributed by atoms with van der Waals surface area (Å²) in [6.07, 6.45) is 0.343. The minimum absolute atomic E-state index is 0.0931. The van der Waals surface area contributed by atoms with Crippen molar-refractivity contribution in [3.63, 3.8) is 0 Å². The van der Waals surface area contributed by atoms with Crippen molar-refractivity contribution in [2.45, 2.75) is 44.6 Å². The first-order valence-corrected chi connectivity index (χ1v) is 13.5. The van der Waals surface area contributed by atoms with E-state index in [0.29, 0.717) is 27.8 Å². The van der Waals surface area contributed by atoms with Gasteiger partial charge in [0.2, 0.25) is 11.8 Å². The topological polar surface area (TPSA) is 49.4 Å². The smallest absolute Gasteiger partial charge is 0.243 e. The monoisotopic (exact) mass is 546 g/mol. The Morgan fingerprint density at radius 3 is 2.17 bits per heavy atom. The van der Waals surface area contributed by atoms with Crippen molar-refractivity contribution in [2.24, 2.45) is 0 Å². The van der Waals surface area contributed by atoms with E-state index in [1.807, 2.05) is 44.2 Å². The molecular formula is C28H29Cl2FN2O2S. The fourth-order valence-corrected chi connectivity index (χ4v) is 5.10. The first-order chi connectivity index (χ1) is 17.2. The summed E-state index contributed by atoms with van der Waals surface area (Å²) in [7, 11) is 0. The third kappa shape index (κ3) is 8.26. The van der Waals surface area contributed by atoms with E-state index < -0.39 is 6.04 Å². The minimum Gasteiger partial charge on any atom is -0.352 e. The van der Waals surface area contributed by atoms with Crippen molar-refractivity contribution in [3.05, 3.63) is 105 Å². The molecule has 3 aromatic rings. The van der Waals surface area contributed by atoms with Crippen LogP contribution in [0.5, 0.6) is 0 Å². The Bertz CT molecular complexity index is 1140. The average molecular weight is 548 g/mol. The molecular weight excluding hydrogens is 518 g/mol. The van der Waals surface area contributed by atoms with E-state index in [9.17, 15) is 14.0 Å². The first-order valence-electron chi connectivity index (χ1n) is 11.6. The molecule has 0 aliphatic rings. The van der Waals surface area contributed by atoms with Gasteiger partial charge in [0.15, 0.2) is 0 Å². The Hall–Kier alpha value is -2.54. The van der Waals surface area contributed by atoms with Crippen LogP contribution in [-0.2, 0) is 28.3 Å². The Kier molecular flexibility index (Phi) is 10.7. The van der Waals surface area contributed by atoms with Gasteiger partial charge in [-0.1, -0.05) is 71.7 Å². The SMILES string of the molecule is CC(C)NC(=O)C(Cc1ccccc1)N(Cc1c(Cl)cccc1Cl)C(=O)CSCc1ccc(F)cc1. The maximum atomic E-state index is 13.6. The second kappa shape index (κ2) is 13.7. The second-order valence-corrected chi connectivity index (χ2v) is 10.5. The van der Waals surface area contributed by atoms with Gasteiger partial charge in [-0.05, 0) is 49.2 Å². The van der Waals surface area contributed by atoms with E-state index in [2.05, 4.69) is 5.32 Å². The lowest BCUT2D eigenvalue weighted by Gasteiger charge is -2.32. The molecule has 0 heterocycles. The van der Waals surface area contributed by atoms with Gasteiger partial charge in [0.25, 0.3) is 0 Å². The standard InChI is InChI=1S/C28H29Cl2FN2O2S/c1-19(2)32-28(35)26(15-20-7-4-3-5-8-20)33(16-23-24(29)9-6-10-25(23)30)27(34)18-36-17-21-11-13-22(31)14-12-21/h3-14,19,26H,15-18H2,1-2H3,(H,32,35). The van der Waals surface area contributed by atoms with Crippen molar-refractivity contribution in [2.75, 3.05) is 5.75 Å². The largest absolute Gasteiger partial charge is 0.352 e. The van der Waals surface area contributed by atoms with Crippen molar-refractivity contribution in [1.29, 1.82) is 0 Å². The van der Waals surface area contributed by atoms with E-state index in [-0.39, 0.29) is 36.0 Å². The summed E-state index contributed by atoms with van der Waals surface area (Å²) in [4.78, 5) is 28.6. The van der Waals surface area contributed by atoms with Crippen LogP contribution in [0.3, 0.4) is 0 Å². The van der Waals surface area contributed by atoms with Crippen molar-refractivity contribution in [3.8, 4) is 0 Å². The van der Waals surface area contributed by atoms with Crippen LogP contribution in [-0.4, -0.2) is 34.6 Å². The van der Waals surface area contributed by atoms with Crippen LogP contribution in [0.2, 0.25) is 10.0 Å². The lowest BCUT2D eigenvalue weighted by molar-refractivity contribution is -0.139. The van der Waals surface area contributed by atoms with Gasteiger partial charge in [-0.3, -0.25) is 9.59 Å². The Morgan fingerprint density at radius 1 is 0.917 bits per heavy atom. The predicted molar refractivity (Wildman–Crippen MR) is 147 cm³/mol. The van der Waals surface area contributed by atoms with Crippen molar-refractivity contribution >= 4 is 46.8 Å². The van der Waals surface area contributed by atoms with E-state index >= 15 is 0 Å². The molecule has 3 aromatic carbocycles. The molecule has 4 nitrogen and oxygen atoms in total. The molecule has 0 aliphatic heterocycles. The summed E-state index contributed by atoms with van der Waals surface area (Å²) in [5.41, 5.74) is 2.44. The average Bonchev–Trinajstić information content (AvgIpc) is 2.84. The minimum atomic E-state index is -0.763.